The van der Waals surface area contributed by atoms with Crippen molar-refractivity contribution in [2.75, 3.05) is 19.8 Å². The van der Waals surface area contributed by atoms with Crippen LogP contribution in [0.4, 0.5) is 4.79 Å². The van der Waals surface area contributed by atoms with Gasteiger partial charge in [0.25, 0.3) is 0 Å². The predicted molar refractivity (Wildman–Crippen MR) is 69.4 cm³/mol. The Balaban J connectivity index is 3.24. The van der Waals surface area contributed by atoms with Crippen LogP contribution in [-0.2, 0) is 14.3 Å². The van der Waals surface area contributed by atoms with Crippen LogP contribution >= 0.6 is 0 Å². The van der Waals surface area contributed by atoms with Gasteiger partial charge in [0.15, 0.2) is 0 Å². The molecular formula is C13H25NO4. The molecule has 0 saturated heterocycles. The largest absolute Gasteiger partial charge is 0.466 e. The zero-order valence-corrected chi connectivity index (χ0v) is 11.5. The van der Waals surface area contributed by atoms with Crippen LogP contribution in [0.1, 0.15) is 52.4 Å². The number of carbonyl (C=O) groups excluding carboxylic acids is 2. The fraction of sp³-hybridized carbons (Fsp3) is 0.846. The molecule has 0 aliphatic carbocycles. The zero-order valence-electron chi connectivity index (χ0n) is 11.5. The van der Waals surface area contributed by atoms with Crippen LogP contribution in [0.3, 0.4) is 0 Å². The maximum Gasteiger partial charge on any atom is 0.407 e. The number of esters is 1. The predicted octanol–water partition coefficient (Wildman–Crippen LogP) is 2.64. The van der Waals surface area contributed by atoms with E-state index in [9.17, 15) is 9.59 Å². The summed E-state index contributed by atoms with van der Waals surface area (Å²) in [7, 11) is 0. The molecule has 0 atom stereocenters. The first-order valence-corrected chi connectivity index (χ1v) is 6.77. The minimum Gasteiger partial charge on any atom is -0.466 e. The van der Waals surface area contributed by atoms with Crippen molar-refractivity contribution < 1.29 is 19.1 Å². The molecule has 0 aromatic rings. The molecule has 0 bridgehead atoms. The molecule has 0 heterocycles. The highest BCUT2D eigenvalue weighted by Crippen LogP contribution is 2.01. The molecule has 0 aromatic heterocycles. The van der Waals surface area contributed by atoms with Crippen molar-refractivity contribution in [2.24, 2.45) is 0 Å². The van der Waals surface area contributed by atoms with E-state index in [4.69, 9.17) is 9.47 Å². The van der Waals surface area contributed by atoms with Gasteiger partial charge in [0.2, 0.25) is 0 Å². The van der Waals surface area contributed by atoms with Crippen molar-refractivity contribution in [2.45, 2.75) is 52.4 Å². The maximum atomic E-state index is 11.2. The zero-order chi connectivity index (χ0) is 13.6. The summed E-state index contributed by atoms with van der Waals surface area (Å²) >= 11 is 0. The van der Waals surface area contributed by atoms with Crippen molar-refractivity contribution in [3.63, 3.8) is 0 Å². The van der Waals surface area contributed by atoms with E-state index in [2.05, 4.69) is 12.2 Å². The second-order valence-electron chi connectivity index (χ2n) is 4.03. The lowest BCUT2D eigenvalue weighted by atomic mass is 10.2. The maximum absolute atomic E-state index is 11.2. The normalized spacial score (nSPS) is 9.89. The molecule has 0 rings (SSSR count). The van der Waals surface area contributed by atoms with Gasteiger partial charge in [-0.3, -0.25) is 4.79 Å². The summed E-state index contributed by atoms with van der Waals surface area (Å²) < 4.78 is 9.75. The Kier molecular flexibility index (Phi) is 11.3. The van der Waals surface area contributed by atoms with E-state index in [1.165, 1.54) is 0 Å². The van der Waals surface area contributed by atoms with Gasteiger partial charge >= 0.3 is 12.1 Å². The van der Waals surface area contributed by atoms with E-state index in [-0.39, 0.29) is 12.1 Å². The van der Waals surface area contributed by atoms with Crippen LogP contribution in [0.2, 0.25) is 0 Å². The lowest BCUT2D eigenvalue weighted by Gasteiger charge is -2.05. The topological polar surface area (TPSA) is 64.6 Å². The molecule has 5 nitrogen and oxygen atoms in total. The van der Waals surface area contributed by atoms with Crippen LogP contribution in [0, 0.1) is 0 Å². The van der Waals surface area contributed by atoms with E-state index in [1.54, 1.807) is 6.92 Å². The molecule has 0 fully saturated rings. The number of alkyl carbamates (subject to hydrolysis) is 1. The Hall–Kier alpha value is -1.26. The van der Waals surface area contributed by atoms with Crippen molar-refractivity contribution in [1.82, 2.24) is 5.32 Å². The Morgan fingerprint density at radius 1 is 1.00 bits per heavy atom. The van der Waals surface area contributed by atoms with E-state index in [0.29, 0.717) is 26.2 Å². The van der Waals surface area contributed by atoms with Gasteiger partial charge in [-0.15, -0.1) is 0 Å². The second-order valence-corrected chi connectivity index (χ2v) is 4.03. The van der Waals surface area contributed by atoms with Crippen LogP contribution in [-0.4, -0.2) is 31.8 Å². The number of unbranched alkanes of at least 4 members (excludes halogenated alkanes) is 3. The summed E-state index contributed by atoms with van der Waals surface area (Å²) in [5.74, 6) is -0.123. The molecule has 0 aliphatic rings. The number of hydrogen-bond acceptors (Lipinski definition) is 4. The first kappa shape index (κ1) is 16.7. The van der Waals surface area contributed by atoms with Crippen molar-refractivity contribution >= 4 is 12.1 Å². The van der Waals surface area contributed by atoms with Crippen LogP contribution in [0.25, 0.3) is 0 Å². The number of rotatable bonds is 10. The first-order valence-electron chi connectivity index (χ1n) is 6.77. The third-order valence-electron chi connectivity index (χ3n) is 2.36. The lowest BCUT2D eigenvalue weighted by molar-refractivity contribution is -0.143. The number of hydrogen-bond donors (Lipinski definition) is 1. The summed E-state index contributed by atoms with van der Waals surface area (Å²) in [4.78, 5) is 22.2. The van der Waals surface area contributed by atoms with E-state index in [0.717, 1.165) is 32.1 Å². The lowest BCUT2D eigenvalue weighted by Crippen LogP contribution is -2.25. The summed E-state index contributed by atoms with van der Waals surface area (Å²) in [5.41, 5.74) is 0. The summed E-state index contributed by atoms with van der Waals surface area (Å²) in [6.45, 7) is 5.33. The van der Waals surface area contributed by atoms with E-state index >= 15 is 0 Å². The Labute approximate surface area is 109 Å². The van der Waals surface area contributed by atoms with Gasteiger partial charge in [0, 0.05) is 13.0 Å². The quantitative estimate of drug-likeness (QED) is 0.484. The Bertz CT molecular complexity index is 231. The molecular weight excluding hydrogens is 234 g/mol. The van der Waals surface area contributed by atoms with Crippen LogP contribution in [0.15, 0.2) is 0 Å². The van der Waals surface area contributed by atoms with Gasteiger partial charge < -0.3 is 14.8 Å². The molecule has 0 saturated carbocycles. The molecule has 18 heavy (non-hydrogen) atoms. The van der Waals surface area contributed by atoms with Crippen molar-refractivity contribution in [1.29, 1.82) is 0 Å². The summed E-state index contributed by atoms with van der Waals surface area (Å²) in [6, 6.07) is 0. The second kappa shape index (κ2) is 12.2. The molecule has 0 spiro atoms. The fourth-order valence-electron chi connectivity index (χ4n) is 1.35. The number of amides is 1. The number of carbonyl (C=O) groups is 2. The van der Waals surface area contributed by atoms with Gasteiger partial charge in [-0.25, -0.2) is 4.79 Å². The molecule has 0 unspecified atom stereocenters. The van der Waals surface area contributed by atoms with Gasteiger partial charge in [-0.1, -0.05) is 19.8 Å². The highest BCUT2D eigenvalue weighted by atomic mass is 16.5. The molecule has 0 aromatic carbocycles. The SMILES string of the molecule is CCCCOC(=O)CCCCCNC(=O)OCC. The molecule has 0 aliphatic heterocycles. The smallest absolute Gasteiger partial charge is 0.407 e. The summed E-state index contributed by atoms with van der Waals surface area (Å²) in [6.07, 6.45) is 4.59. The van der Waals surface area contributed by atoms with Gasteiger partial charge in [-0.2, -0.15) is 0 Å². The third-order valence-corrected chi connectivity index (χ3v) is 2.36. The minimum atomic E-state index is -0.378. The Morgan fingerprint density at radius 3 is 2.44 bits per heavy atom. The summed E-state index contributed by atoms with van der Waals surface area (Å²) in [5, 5.41) is 2.64. The number of ether oxygens (including phenoxy) is 2. The van der Waals surface area contributed by atoms with Gasteiger partial charge in [0.05, 0.1) is 13.2 Å². The average Bonchev–Trinajstić information content (AvgIpc) is 2.34. The first-order chi connectivity index (χ1) is 8.70. The van der Waals surface area contributed by atoms with Crippen LogP contribution in [0.5, 0.6) is 0 Å². The van der Waals surface area contributed by atoms with Crippen molar-refractivity contribution in [3.8, 4) is 0 Å². The highest BCUT2D eigenvalue weighted by Gasteiger charge is 2.02. The van der Waals surface area contributed by atoms with E-state index in [1.807, 2.05) is 0 Å². The van der Waals surface area contributed by atoms with E-state index < -0.39 is 0 Å². The monoisotopic (exact) mass is 259 g/mol. The van der Waals surface area contributed by atoms with Gasteiger partial charge in [0.1, 0.15) is 0 Å². The molecule has 1 N–H and O–H groups in total. The average molecular weight is 259 g/mol. The highest BCUT2D eigenvalue weighted by molar-refractivity contribution is 5.69. The Morgan fingerprint density at radius 2 is 1.78 bits per heavy atom. The van der Waals surface area contributed by atoms with Crippen molar-refractivity contribution in [3.05, 3.63) is 0 Å². The molecule has 106 valence electrons. The van der Waals surface area contributed by atoms with Crippen LogP contribution < -0.4 is 5.32 Å². The van der Waals surface area contributed by atoms with Gasteiger partial charge in [-0.05, 0) is 26.2 Å². The fourth-order valence-corrected chi connectivity index (χ4v) is 1.35. The standard InChI is InChI=1S/C13H25NO4/c1-3-5-11-18-12(15)9-7-6-8-10-14-13(16)17-4-2/h3-11H2,1-2H3,(H,14,16). The minimum absolute atomic E-state index is 0.123. The molecule has 5 heteroatoms. The molecule has 1 amide bonds. The third kappa shape index (κ3) is 11.2. The molecule has 0 radical (unpaired) electrons. The number of nitrogens with one attached hydrogen (secondary N) is 1.